The van der Waals surface area contributed by atoms with Crippen LogP contribution in [-0.2, 0) is 35.9 Å². The van der Waals surface area contributed by atoms with Gasteiger partial charge < -0.3 is 24.8 Å². The summed E-state index contributed by atoms with van der Waals surface area (Å²) >= 11 is -1.05. The van der Waals surface area contributed by atoms with Crippen molar-refractivity contribution in [3.8, 4) is 0 Å². The Labute approximate surface area is 244 Å². The van der Waals surface area contributed by atoms with Crippen molar-refractivity contribution >= 4 is 28.8 Å². The molecule has 0 bridgehead atoms. The minimum atomic E-state index is -1.05. The number of rotatable bonds is 7. The fraction of sp³-hybridized carbons (Fsp3) is 0.533. The van der Waals surface area contributed by atoms with Crippen LogP contribution in [0.2, 0.25) is 0 Å². The average molecular weight is 578 g/mol. The Bertz CT molecular complexity index is 1410. The summed E-state index contributed by atoms with van der Waals surface area (Å²) in [7, 11) is 1.92. The predicted molar refractivity (Wildman–Crippen MR) is 159 cm³/mol. The fourth-order valence-corrected chi connectivity index (χ4v) is 7.46. The molecule has 1 aromatic carbocycles. The van der Waals surface area contributed by atoms with Crippen LogP contribution in [0.3, 0.4) is 0 Å². The summed E-state index contributed by atoms with van der Waals surface area (Å²) in [6.07, 6.45) is 4.48. The largest absolute Gasteiger partial charge is 0.611 e. The van der Waals surface area contributed by atoms with Crippen LogP contribution in [0, 0.1) is 13.8 Å². The maximum absolute atomic E-state index is 13.0. The Balaban J connectivity index is 1.11. The predicted octanol–water partition coefficient (Wildman–Crippen LogP) is 3.40. The second kappa shape index (κ2) is 12.0. The molecule has 3 aromatic rings. The van der Waals surface area contributed by atoms with Crippen molar-refractivity contribution in [1.29, 1.82) is 0 Å². The molecule has 1 unspecified atom stereocenters. The van der Waals surface area contributed by atoms with Gasteiger partial charge in [-0.05, 0) is 74.3 Å². The van der Waals surface area contributed by atoms with Gasteiger partial charge in [0.05, 0.1) is 5.69 Å². The van der Waals surface area contributed by atoms with Gasteiger partial charge in [0, 0.05) is 69.2 Å². The number of carbonyl (C=O) groups excluding carboxylic acids is 1. The molecule has 11 heteroatoms. The summed E-state index contributed by atoms with van der Waals surface area (Å²) in [5.74, 6) is 2.38. The van der Waals surface area contributed by atoms with Gasteiger partial charge in [-0.25, -0.2) is 4.98 Å². The molecule has 0 radical (unpaired) electrons. The van der Waals surface area contributed by atoms with Gasteiger partial charge in [-0.1, -0.05) is 12.1 Å². The molecule has 2 saturated heterocycles. The molecule has 1 amide bonds. The van der Waals surface area contributed by atoms with Crippen molar-refractivity contribution < 1.29 is 14.1 Å². The van der Waals surface area contributed by atoms with E-state index in [4.69, 9.17) is 14.7 Å². The SMILES string of the molecule is Cc1nn(C)c(C)c1CNC(=O)c1cccc(C2CCN(c3nc4c(c(NC5CCOCC5)n3)[S+]([O-])CC4)CC2)c1. The summed E-state index contributed by atoms with van der Waals surface area (Å²) in [6, 6.07) is 8.31. The first kappa shape index (κ1) is 28.0. The first-order valence-corrected chi connectivity index (χ1v) is 15.9. The highest BCUT2D eigenvalue weighted by molar-refractivity contribution is 7.91. The number of nitrogens with one attached hydrogen (secondary N) is 2. The third-order valence-corrected chi connectivity index (χ3v) is 10.2. The summed E-state index contributed by atoms with van der Waals surface area (Å²) < 4.78 is 20.1. The number of hydrogen-bond donors (Lipinski definition) is 2. The molecule has 10 nitrogen and oxygen atoms in total. The second-order valence-corrected chi connectivity index (χ2v) is 12.8. The minimum absolute atomic E-state index is 0.0691. The number of fused-ring (bicyclic) bond motifs is 1. The molecular weight excluding hydrogens is 538 g/mol. The van der Waals surface area contributed by atoms with Gasteiger partial charge in [0.15, 0.2) is 5.82 Å². The van der Waals surface area contributed by atoms with Gasteiger partial charge in [0.1, 0.15) is 11.4 Å². The molecule has 41 heavy (non-hydrogen) atoms. The van der Waals surface area contributed by atoms with Gasteiger partial charge in [0.25, 0.3) is 5.91 Å². The molecule has 2 fully saturated rings. The summed E-state index contributed by atoms with van der Waals surface area (Å²) in [6.45, 7) is 7.60. The smallest absolute Gasteiger partial charge is 0.251 e. The van der Waals surface area contributed by atoms with E-state index < -0.39 is 11.2 Å². The lowest BCUT2D eigenvalue weighted by molar-refractivity contribution is 0.0903. The summed E-state index contributed by atoms with van der Waals surface area (Å²) in [5, 5.41) is 11.1. The van der Waals surface area contributed by atoms with E-state index in [1.54, 1.807) is 0 Å². The molecule has 0 spiro atoms. The van der Waals surface area contributed by atoms with Crippen LogP contribution in [0.4, 0.5) is 11.8 Å². The van der Waals surface area contributed by atoms with Crippen LogP contribution < -0.4 is 15.5 Å². The van der Waals surface area contributed by atoms with Crippen LogP contribution in [0.5, 0.6) is 0 Å². The molecule has 0 aliphatic carbocycles. The number of ether oxygens (including phenoxy) is 1. The molecule has 3 aliphatic rings. The van der Waals surface area contributed by atoms with E-state index in [1.807, 2.05) is 43.8 Å². The van der Waals surface area contributed by atoms with Crippen LogP contribution in [0.25, 0.3) is 0 Å². The monoisotopic (exact) mass is 577 g/mol. The topological polar surface area (TPSA) is 120 Å². The zero-order chi connectivity index (χ0) is 28.5. The lowest BCUT2D eigenvalue weighted by atomic mass is 9.88. The Hall–Kier alpha value is -3.15. The highest BCUT2D eigenvalue weighted by atomic mass is 32.2. The first-order chi connectivity index (χ1) is 19.9. The van der Waals surface area contributed by atoms with E-state index in [0.717, 1.165) is 97.7 Å². The van der Waals surface area contributed by atoms with E-state index >= 15 is 0 Å². The maximum Gasteiger partial charge on any atom is 0.251 e. The highest BCUT2D eigenvalue weighted by Crippen LogP contribution is 2.35. The average Bonchev–Trinajstić information content (AvgIpc) is 3.49. The minimum Gasteiger partial charge on any atom is -0.611 e. The number of amides is 1. The van der Waals surface area contributed by atoms with Crippen molar-refractivity contribution in [2.24, 2.45) is 7.05 Å². The quantitative estimate of drug-likeness (QED) is 0.410. The van der Waals surface area contributed by atoms with Gasteiger partial charge in [-0.15, -0.1) is 0 Å². The molecule has 218 valence electrons. The summed E-state index contributed by atoms with van der Waals surface area (Å²) in [4.78, 5) is 25.8. The number of aryl methyl sites for hydroxylation is 3. The molecule has 0 saturated carbocycles. The third-order valence-electron chi connectivity index (χ3n) is 8.72. The lowest BCUT2D eigenvalue weighted by Crippen LogP contribution is -2.35. The number of anilines is 2. The van der Waals surface area contributed by atoms with Gasteiger partial charge in [-0.2, -0.15) is 10.1 Å². The Morgan fingerprint density at radius 3 is 2.66 bits per heavy atom. The third kappa shape index (κ3) is 5.93. The first-order valence-electron chi connectivity index (χ1n) is 14.6. The molecule has 3 aliphatic heterocycles. The van der Waals surface area contributed by atoms with E-state index in [2.05, 4.69) is 26.7 Å². The number of hydrogen-bond acceptors (Lipinski definition) is 8. The van der Waals surface area contributed by atoms with Crippen molar-refractivity contribution in [3.05, 3.63) is 58.0 Å². The van der Waals surface area contributed by atoms with Crippen LogP contribution in [0.15, 0.2) is 29.2 Å². The Kier molecular flexibility index (Phi) is 8.19. The standard InChI is InChI=1S/C30H39N7O3S/c1-19-25(20(2)36(3)35-19)18-31-29(38)23-6-4-5-22(17-23)21-7-12-37(13-8-21)30-33-26-11-16-41(39)27(26)28(34-30)32-24-9-14-40-15-10-24/h4-6,17,21,24H,7-16,18H2,1-3H3,(H,31,38)(H,32,33,34). The van der Waals surface area contributed by atoms with Crippen LogP contribution in [0.1, 0.15) is 70.2 Å². The van der Waals surface area contributed by atoms with Crippen LogP contribution >= 0.6 is 0 Å². The number of carbonyl (C=O) groups is 1. The Morgan fingerprint density at radius 1 is 1.15 bits per heavy atom. The normalized spacial score (nSPS) is 19.8. The number of benzene rings is 1. The molecule has 2 N–H and O–H groups in total. The number of nitrogens with zero attached hydrogens (tertiary/aromatic N) is 5. The zero-order valence-electron chi connectivity index (χ0n) is 24.1. The second-order valence-electron chi connectivity index (χ2n) is 11.3. The zero-order valence-corrected chi connectivity index (χ0v) is 24.9. The summed E-state index contributed by atoms with van der Waals surface area (Å²) in [5.41, 5.74) is 5.87. The molecule has 5 heterocycles. The number of piperidine rings is 1. The van der Waals surface area contributed by atoms with Gasteiger partial charge in [0.2, 0.25) is 10.8 Å². The van der Waals surface area contributed by atoms with Crippen LogP contribution in [-0.4, -0.2) is 68.3 Å². The van der Waals surface area contributed by atoms with E-state index in [9.17, 15) is 9.35 Å². The van der Waals surface area contributed by atoms with Crippen molar-refractivity contribution in [2.75, 3.05) is 42.3 Å². The molecular formula is C30H39N7O3S. The van der Waals surface area contributed by atoms with Crippen molar-refractivity contribution in [3.63, 3.8) is 0 Å². The van der Waals surface area contributed by atoms with Crippen molar-refractivity contribution in [1.82, 2.24) is 25.1 Å². The molecule has 2 aromatic heterocycles. The fourth-order valence-electron chi connectivity index (χ4n) is 6.15. The van der Waals surface area contributed by atoms with Gasteiger partial charge >= 0.3 is 0 Å². The highest BCUT2D eigenvalue weighted by Gasteiger charge is 2.34. The molecule has 1 atom stereocenters. The van der Waals surface area contributed by atoms with E-state index in [1.165, 1.54) is 5.56 Å². The van der Waals surface area contributed by atoms with E-state index in [0.29, 0.717) is 23.8 Å². The Morgan fingerprint density at radius 2 is 1.93 bits per heavy atom. The van der Waals surface area contributed by atoms with Gasteiger partial charge in [-0.3, -0.25) is 9.48 Å². The van der Waals surface area contributed by atoms with E-state index in [-0.39, 0.29) is 11.9 Å². The number of aromatic nitrogens is 4. The maximum atomic E-state index is 13.0. The lowest BCUT2D eigenvalue weighted by Gasteiger charge is -2.33. The molecule has 6 rings (SSSR count). The van der Waals surface area contributed by atoms with Crippen molar-refractivity contribution in [2.45, 2.75) is 69.4 Å².